The number of nitrogens with zero attached hydrogens (tertiary/aromatic N) is 1. The van der Waals surface area contributed by atoms with E-state index in [0.717, 1.165) is 26.2 Å². The largest absolute Gasteiger partial charge is 0.315 e. The van der Waals surface area contributed by atoms with E-state index in [1.807, 2.05) is 11.3 Å². The Morgan fingerprint density at radius 2 is 2.24 bits per heavy atom. The Morgan fingerprint density at radius 1 is 1.35 bits per heavy atom. The minimum absolute atomic E-state index is 1.11. The molecule has 0 spiro atoms. The molecule has 0 aromatic carbocycles. The Balaban J connectivity index is 1.72. The fraction of sp³-hybridized carbons (Fsp3) is 0.714. The van der Waals surface area contributed by atoms with Gasteiger partial charge in [0, 0.05) is 29.4 Å². The van der Waals surface area contributed by atoms with Crippen LogP contribution in [-0.4, -0.2) is 31.6 Å². The molecule has 1 aliphatic carbocycles. The van der Waals surface area contributed by atoms with Crippen LogP contribution < -0.4 is 5.32 Å². The molecule has 1 aromatic rings. The van der Waals surface area contributed by atoms with Crippen LogP contribution in [0.5, 0.6) is 0 Å². The molecule has 0 radical (unpaired) electrons. The molecule has 0 aliphatic heterocycles. The molecule has 0 saturated carbocycles. The van der Waals surface area contributed by atoms with Crippen LogP contribution in [0.1, 0.15) is 35.1 Å². The molecular formula is C14H24N2S. The summed E-state index contributed by atoms with van der Waals surface area (Å²) < 4.78 is 0. The van der Waals surface area contributed by atoms with E-state index in [-0.39, 0.29) is 0 Å². The first-order valence-electron chi connectivity index (χ1n) is 6.79. The summed E-state index contributed by atoms with van der Waals surface area (Å²) in [6, 6.07) is 2.43. The van der Waals surface area contributed by atoms with Crippen LogP contribution >= 0.6 is 11.3 Å². The fourth-order valence-corrected chi connectivity index (χ4v) is 3.73. The standard InChI is InChI=1S/C14H24N2S/c1-3-7-15-8-9-16(2)11-13-10-12-5-4-6-14(12)17-13/h10,15H,3-9,11H2,1-2H3. The molecule has 0 atom stereocenters. The van der Waals surface area contributed by atoms with Crippen molar-refractivity contribution in [1.82, 2.24) is 10.2 Å². The number of nitrogens with one attached hydrogen (secondary N) is 1. The summed E-state index contributed by atoms with van der Waals surface area (Å²) in [5, 5.41) is 3.45. The molecule has 1 N–H and O–H groups in total. The van der Waals surface area contributed by atoms with Crippen molar-refractivity contribution < 1.29 is 0 Å². The highest BCUT2D eigenvalue weighted by molar-refractivity contribution is 7.12. The molecule has 1 heterocycles. The van der Waals surface area contributed by atoms with Gasteiger partial charge < -0.3 is 10.2 Å². The first-order valence-corrected chi connectivity index (χ1v) is 7.61. The van der Waals surface area contributed by atoms with Crippen molar-refractivity contribution in [1.29, 1.82) is 0 Å². The van der Waals surface area contributed by atoms with Gasteiger partial charge in [0.2, 0.25) is 0 Å². The number of fused-ring (bicyclic) bond motifs is 1. The lowest BCUT2D eigenvalue weighted by Gasteiger charge is -2.15. The minimum Gasteiger partial charge on any atom is -0.315 e. The molecule has 3 heteroatoms. The monoisotopic (exact) mass is 252 g/mol. The molecule has 17 heavy (non-hydrogen) atoms. The first kappa shape index (κ1) is 13.1. The third kappa shape index (κ3) is 3.80. The van der Waals surface area contributed by atoms with Gasteiger partial charge in [0.15, 0.2) is 0 Å². The lowest BCUT2D eigenvalue weighted by atomic mass is 10.2. The lowest BCUT2D eigenvalue weighted by Crippen LogP contribution is -2.29. The maximum Gasteiger partial charge on any atom is 0.0325 e. The van der Waals surface area contributed by atoms with Crippen molar-refractivity contribution in [3.8, 4) is 0 Å². The van der Waals surface area contributed by atoms with Crippen LogP contribution in [0.4, 0.5) is 0 Å². The third-order valence-electron chi connectivity index (χ3n) is 3.32. The van der Waals surface area contributed by atoms with Crippen molar-refractivity contribution in [2.45, 2.75) is 39.2 Å². The summed E-state index contributed by atoms with van der Waals surface area (Å²) in [5.41, 5.74) is 1.63. The van der Waals surface area contributed by atoms with Gasteiger partial charge in [-0.25, -0.2) is 0 Å². The van der Waals surface area contributed by atoms with Crippen molar-refractivity contribution >= 4 is 11.3 Å². The highest BCUT2D eigenvalue weighted by Crippen LogP contribution is 2.30. The van der Waals surface area contributed by atoms with E-state index in [0.29, 0.717) is 0 Å². The Hall–Kier alpha value is -0.380. The van der Waals surface area contributed by atoms with E-state index in [4.69, 9.17) is 0 Å². The second kappa shape index (κ2) is 6.53. The van der Waals surface area contributed by atoms with Crippen molar-refractivity contribution in [3.63, 3.8) is 0 Å². The maximum atomic E-state index is 3.45. The van der Waals surface area contributed by atoms with Gasteiger partial charge in [0.05, 0.1) is 0 Å². The molecule has 0 bridgehead atoms. The second-order valence-corrected chi connectivity index (χ2v) is 6.22. The van der Waals surface area contributed by atoms with Crippen molar-refractivity contribution in [2.75, 3.05) is 26.7 Å². The Kier molecular flexibility index (Phi) is 5.01. The maximum absolute atomic E-state index is 3.45. The third-order valence-corrected chi connectivity index (χ3v) is 4.54. The zero-order valence-electron chi connectivity index (χ0n) is 11.1. The molecule has 0 fully saturated rings. The lowest BCUT2D eigenvalue weighted by molar-refractivity contribution is 0.327. The van der Waals surface area contributed by atoms with E-state index in [9.17, 15) is 0 Å². The van der Waals surface area contributed by atoms with Gasteiger partial charge >= 0.3 is 0 Å². The number of aryl methyl sites for hydroxylation is 2. The van der Waals surface area contributed by atoms with Gasteiger partial charge in [-0.15, -0.1) is 11.3 Å². The number of hydrogen-bond donors (Lipinski definition) is 1. The van der Waals surface area contributed by atoms with E-state index in [1.54, 1.807) is 15.3 Å². The molecule has 96 valence electrons. The van der Waals surface area contributed by atoms with E-state index < -0.39 is 0 Å². The number of thiophene rings is 1. The summed E-state index contributed by atoms with van der Waals surface area (Å²) in [7, 11) is 2.22. The van der Waals surface area contributed by atoms with E-state index >= 15 is 0 Å². The average molecular weight is 252 g/mol. The normalized spacial score (nSPS) is 14.5. The number of rotatable bonds is 7. The molecule has 2 rings (SSSR count). The molecule has 0 unspecified atom stereocenters. The second-order valence-electron chi connectivity index (χ2n) is 5.00. The molecule has 0 saturated heterocycles. The van der Waals surface area contributed by atoms with Crippen LogP contribution in [0.3, 0.4) is 0 Å². The molecule has 1 aliphatic rings. The van der Waals surface area contributed by atoms with Crippen LogP contribution in [0, 0.1) is 0 Å². The zero-order valence-corrected chi connectivity index (χ0v) is 11.9. The van der Waals surface area contributed by atoms with E-state index in [1.165, 1.54) is 25.7 Å². The Labute approximate surface area is 109 Å². The number of likely N-dealkylation sites (N-methyl/N-ethyl adjacent to an activating group) is 1. The van der Waals surface area contributed by atoms with E-state index in [2.05, 4.69) is 30.3 Å². The predicted molar refractivity (Wildman–Crippen MR) is 75.8 cm³/mol. The highest BCUT2D eigenvalue weighted by Gasteiger charge is 2.15. The van der Waals surface area contributed by atoms with Gasteiger partial charge in [-0.05, 0) is 50.9 Å². The summed E-state index contributed by atoms with van der Waals surface area (Å²) in [6.07, 6.45) is 5.23. The van der Waals surface area contributed by atoms with Crippen LogP contribution in [-0.2, 0) is 19.4 Å². The first-order chi connectivity index (χ1) is 8.29. The summed E-state index contributed by atoms with van der Waals surface area (Å²) in [6.45, 7) is 6.72. The number of hydrogen-bond acceptors (Lipinski definition) is 3. The highest BCUT2D eigenvalue weighted by atomic mass is 32.1. The zero-order chi connectivity index (χ0) is 12.1. The quantitative estimate of drug-likeness (QED) is 0.751. The molecule has 1 aromatic heterocycles. The summed E-state index contributed by atoms with van der Waals surface area (Å²) in [4.78, 5) is 5.62. The van der Waals surface area contributed by atoms with Crippen LogP contribution in [0.2, 0.25) is 0 Å². The minimum atomic E-state index is 1.11. The van der Waals surface area contributed by atoms with Crippen LogP contribution in [0.25, 0.3) is 0 Å². The Bertz CT molecular complexity index is 324. The molecule has 0 amide bonds. The van der Waals surface area contributed by atoms with Gasteiger partial charge in [0.25, 0.3) is 0 Å². The predicted octanol–water partition coefficient (Wildman–Crippen LogP) is 2.67. The van der Waals surface area contributed by atoms with Gasteiger partial charge in [-0.3, -0.25) is 0 Å². The van der Waals surface area contributed by atoms with Crippen molar-refractivity contribution in [3.05, 3.63) is 21.4 Å². The fourth-order valence-electron chi connectivity index (χ4n) is 2.39. The van der Waals surface area contributed by atoms with Crippen LogP contribution in [0.15, 0.2) is 6.07 Å². The summed E-state index contributed by atoms with van der Waals surface area (Å²) in [5.74, 6) is 0. The smallest absolute Gasteiger partial charge is 0.0325 e. The topological polar surface area (TPSA) is 15.3 Å². The Morgan fingerprint density at radius 3 is 3.00 bits per heavy atom. The summed E-state index contributed by atoms with van der Waals surface area (Å²) >= 11 is 2.03. The van der Waals surface area contributed by atoms with Crippen molar-refractivity contribution in [2.24, 2.45) is 0 Å². The molecular weight excluding hydrogens is 228 g/mol. The SMILES string of the molecule is CCCNCCN(C)Cc1cc2c(s1)CCC2. The van der Waals surface area contributed by atoms with Gasteiger partial charge in [-0.2, -0.15) is 0 Å². The van der Waals surface area contributed by atoms with Gasteiger partial charge in [0.1, 0.15) is 0 Å². The average Bonchev–Trinajstić information content (AvgIpc) is 2.84. The molecule has 2 nitrogen and oxygen atoms in total. The van der Waals surface area contributed by atoms with Gasteiger partial charge in [-0.1, -0.05) is 6.92 Å².